The molecule has 0 aliphatic heterocycles. The van der Waals surface area contributed by atoms with Gasteiger partial charge in [-0.3, -0.25) is 4.79 Å². The van der Waals surface area contributed by atoms with Gasteiger partial charge in [-0.1, -0.05) is 41.9 Å². The zero-order chi connectivity index (χ0) is 18.2. The predicted molar refractivity (Wildman–Crippen MR) is 92.1 cm³/mol. The van der Waals surface area contributed by atoms with E-state index in [2.05, 4.69) is 5.32 Å². The molecule has 2 aromatic rings. The lowest BCUT2D eigenvalue weighted by atomic mass is 10.1. The van der Waals surface area contributed by atoms with E-state index in [4.69, 9.17) is 16.3 Å². The number of nitrogens with one attached hydrogen (secondary N) is 1. The van der Waals surface area contributed by atoms with Gasteiger partial charge in [-0.25, -0.2) is 0 Å². The number of carboxylic acids is 1. The summed E-state index contributed by atoms with van der Waals surface area (Å²) < 4.78 is 5.15. The topological polar surface area (TPSA) is 95.1 Å². The summed E-state index contributed by atoms with van der Waals surface area (Å²) >= 11 is 5.91. The van der Waals surface area contributed by atoms with Crippen LogP contribution in [0.15, 0.2) is 48.5 Å². The van der Waals surface area contributed by atoms with Crippen LogP contribution in [0.25, 0.3) is 0 Å². The summed E-state index contributed by atoms with van der Waals surface area (Å²) in [5, 5.41) is 15.9. The fourth-order valence-electron chi connectivity index (χ4n) is 2.33. The van der Waals surface area contributed by atoms with E-state index in [0.717, 1.165) is 5.56 Å². The highest BCUT2D eigenvalue weighted by molar-refractivity contribution is 6.31. The molecule has 0 aliphatic carbocycles. The standard InChI is InChI=1S/C18H19ClN2O4/c1-25-16-8-7-13(19)9-14(16)21-17(22)10-15(18(23)24)20-11-12-5-3-2-4-6-12/h2-9,15,20H,10-11H2,1H3,(H,21,22)(H,23,24)/t15-/m0/s1. The van der Waals surface area contributed by atoms with Crippen LogP contribution in [-0.4, -0.2) is 25.0 Å². The summed E-state index contributed by atoms with van der Waals surface area (Å²) in [6.45, 7) is 0.438. The quantitative estimate of drug-likeness (QED) is 0.717. The van der Waals surface area contributed by atoms with Crippen LogP contribution in [0.3, 0.4) is 0 Å². The first-order valence-corrected chi connectivity index (χ1v) is 8.09. The number of carbonyl (C=O) groups excluding carboxylic acids is 2. The molecule has 0 fully saturated rings. The van der Waals surface area contributed by atoms with Gasteiger partial charge in [-0.15, -0.1) is 0 Å². The Bertz CT molecular complexity index is 737. The lowest BCUT2D eigenvalue weighted by Gasteiger charge is -2.17. The summed E-state index contributed by atoms with van der Waals surface area (Å²) in [6.07, 6.45) is -0.231. The molecule has 0 unspecified atom stereocenters. The third-order valence-corrected chi connectivity index (χ3v) is 3.86. The molecule has 2 aromatic carbocycles. The van der Waals surface area contributed by atoms with Crippen LogP contribution in [0.5, 0.6) is 5.75 Å². The normalized spacial score (nSPS) is 11.6. The summed E-state index contributed by atoms with van der Waals surface area (Å²) in [6, 6.07) is 13.2. The van der Waals surface area contributed by atoms with Gasteiger partial charge in [0.05, 0.1) is 25.2 Å². The molecule has 1 atom stereocenters. The number of carbonyl (C=O) groups is 2. The molecule has 0 saturated heterocycles. The number of quaternary nitrogens is 1. The van der Waals surface area contributed by atoms with Gasteiger partial charge in [0.15, 0.2) is 0 Å². The summed E-state index contributed by atoms with van der Waals surface area (Å²) in [7, 11) is 1.47. The molecule has 0 bridgehead atoms. The van der Waals surface area contributed by atoms with Crippen LogP contribution >= 0.6 is 11.6 Å². The Labute approximate surface area is 150 Å². The number of aliphatic carboxylic acids is 1. The van der Waals surface area contributed by atoms with Crippen molar-refractivity contribution in [3.8, 4) is 5.75 Å². The number of ether oxygens (including phenoxy) is 1. The van der Waals surface area contributed by atoms with Gasteiger partial charge in [0, 0.05) is 10.6 Å². The van der Waals surface area contributed by atoms with E-state index in [1.807, 2.05) is 30.3 Å². The van der Waals surface area contributed by atoms with E-state index in [1.54, 1.807) is 23.5 Å². The fraction of sp³-hybridized carbons (Fsp3) is 0.222. The van der Waals surface area contributed by atoms with Crippen LogP contribution in [-0.2, 0) is 16.1 Å². The Kier molecular flexibility index (Phi) is 6.80. The first-order chi connectivity index (χ1) is 12.0. The summed E-state index contributed by atoms with van der Waals surface area (Å²) in [4.78, 5) is 23.5. The van der Waals surface area contributed by atoms with Crippen LogP contribution in [0.2, 0.25) is 5.02 Å². The highest BCUT2D eigenvalue weighted by Crippen LogP contribution is 2.27. The van der Waals surface area contributed by atoms with Crippen molar-refractivity contribution in [3.63, 3.8) is 0 Å². The van der Waals surface area contributed by atoms with Crippen LogP contribution in [0, 0.1) is 0 Å². The molecule has 0 aliphatic rings. The molecule has 7 heteroatoms. The molecular formula is C18H19ClN2O4. The summed E-state index contributed by atoms with van der Waals surface area (Å²) in [5.41, 5.74) is 1.35. The third-order valence-electron chi connectivity index (χ3n) is 3.62. The average molecular weight is 363 g/mol. The number of nitrogens with two attached hydrogens (primary N) is 1. The minimum atomic E-state index is -1.29. The highest BCUT2D eigenvalue weighted by atomic mass is 35.5. The smallest absolute Gasteiger partial charge is 0.230 e. The minimum absolute atomic E-state index is 0.231. The second kappa shape index (κ2) is 9.05. The lowest BCUT2D eigenvalue weighted by Crippen LogP contribution is -2.92. The molecule has 0 saturated carbocycles. The molecule has 1 amide bonds. The minimum Gasteiger partial charge on any atom is -0.544 e. The lowest BCUT2D eigenvalue weighted by molar-refractivity contribution is -0.697. The molecule has 2 rings (SSSR count). The van der Waals surface area contributed by atoms with E-state index in [0.29, 0.717) is 23.0 Å². The predicted octanol–water partition coefficient (Wildman–Crippen LogP) is 0.559. The Hall–Kier alpha value is -2.57. The van der Waals surface area contributed by atoms with Gasteiger partial charge in [0.1, 0.15) is 18.3 Å². The fourth-order valence-corrected chi connectivity index (χ4v) is 2.51. The van der Waals surface area contributed by atoms with Gasteiger partial charge in [-0.2, -0.15) is 0 Å². The van der Waals surface area contributed by atoms with Gasteiger partial charge in [0.2, 0.25) is 5.91 Å². The molecule has 0 heterocycles. The van der Waals surface area contributed by atoms with Crippen molar-refractivity contribution < 1.29 is 24.7 Å². The van der Waals surface area contributed by atoms with Crippen molar-refractivity contribution >= 4 is 29.2 Å². The van der Waals surface area contributed by atoms with Gasteiger partial charge in [-0.05, 0) is 18.2 Å². The van der Waals surface area contributed by atoms with Crippen molar-refractivity contribution in [1.29, 1.82) is 0 Å². The number of anilines is 1. The number of rotatable bonds is 8. The van der Waals surface area contributed by atoms with Crippen LogP contribution in [0.4, 0.5) is 5.69 Å². The monoisotopic (exact) mass is 362 g/mol. The number of hydrogen-bond donors (Lipinski definition) is 2. The largest absolute Gasteiger partial charge is 0.544 e. The third kappa shape index (κ3) is 5.77. The first-order valence-electron chi connectivity index (χ1n) is 7.71. The van der Waals surface area contributed by atoms with Crippen molar-refractivity contribution in [2.75, 3.05) is 12.4 Å². The van der Waals surface area contributed by atoms with Crippen LogP contribution in [0.1, 0.15) is 12.0 Å². The SMILES string of the molecule is COc1ccc(Cl)cc1NC(=O)C[C@H]([NH2+]Cc1ccccc1)C(=O)[O-]. The van der Waals surface area contributed by atoms with Crippen molar-refractivity contribution in [1.82, 2.24) is 0 Å². The number of methoxy groups -OCH3 is 1. The maximum atomic E-state index is 12.2. The Morgan fingerprint density at radius 3 is 2.60 bits per heavy atom. The van der Waals surface area contributed by atoms with Gasteiger partial charge in [0.25, 0.3) is 0 Å². The van der Waals surface area contributed by atoms with E-state index in [9.17, 15) is 14.7 Å². The molecule has 3 N–H and O–H groups in total. The average Bonchev–Trinajstić information content (AvgIpc) is 2.59. The molecular weight excluding hydrogens is 344 g/mol. The van der Waals surface area contributed by atoms with E-state index in [-0.39, 0.29) is 6.42 Å². The summed E-state index contributed by atoms with van der Waals surface area (Å²) in [5.74, 6) is -1.31. The molecule has 0 radical (unpaired) electrons. The van der Waals surface area contributed by atoms with Crippen molar-refractivity contribution in [3.05, 3.63) is 59.1 Å². The van der Waals surface area contributed by atoms with Crippen LogP contribution < -0.4 is 20.5 Å². The van der Waals surface area contributed by atoms with Gasteiger partial charge < -0.3 is 25.3 Å². The van der Waals surface area contributed by atoms with E-state index >= 15 is 0 Å². The second-order valence-electron chi connectivity index (χ2n) is 5.45. The molecule has 0 spiro atoms. The van der Waals surface area contributed by atoms with E-state index in [1.165, 1.54) is 7.11 Å². The maximum Gasteiger partial charge on any atom is 0.230 e. The maximum absolute atomic E-state index is 12.2. The number of amides is 1. The van der Waals surface area contributed by atoms with Crippen molar-refractivity contribution in [2.24, 2.45) is 0 Å². The number of benzene rings is 2. The zero-order valence-corrected chi connectivity index (χ0v) is 14.5. The molecule has 6 nitrogen and oxygen atoms in total. The second-order valence-corrected chi connectivity index (χ2v) is 5.88. The number of hydrogen-bond acceptors (Lipinski definition) is 4. The molecule has 0 aromatic heterocycles. The Balaban J connectivity index is 1.98. The Morgan fingerprint density at radius 2 is 1.96 bits per heavy atom. The molecule has 132 valence electrons. The zero-order valence-electron chi connectivity index (χ0n) is 13.7. The number of carboxylic acid groups (broad SMARTS) is 1. The van der Waals surface area contributed by atoms with Crippen molar-refractivity contribution in [2.45, 2.75) is 19.0 Å². The van der Waals surface area contributed by atoms with E-state index < -0.39 is 17.9 Å². The first kappa shape index (κ1) is 18.8. The number of halogens is 1. The highest BCUT2D eigenvalue weighted by Gasteiger charge is 2.19. The Morgan fingerprint density at radius 1 is 1.24 bits per heavy atom. The molecule has 25 heavy (non-hydrogen) atoms. The van der Waals surface area contributed by atoms with Gasteiger partial charge >= 0.3 is 0 Å².